The van der Waals surface area contributed by atoms with E-state index in [2.05, 4.69) is 10.3 Å². The number of para-hydroxylation sites is 1. The number of fused-ring (bicyclic) bond motifs is 1. The lowest BCUT2D eigenvalue weighted by Crippen LogP contribution is -2.62. The number of pyridine rings is 1. The summed E-state index contributed by atoms with van der Waals surface area (Å²) < 4.78 is 0. The molecule has 31 heavy (non-hydrogen) atoms. The van der Waals surface area contributed by atoms with Crippen LogP contribution in [0.15, 0.2) is 79.1 Å². The minimum absolute atomic E-state index is 0.0193. The molecule has 2 heterocycles. The summed E-state index contributed by atoms with van der Waals surface area (Å²) in [6.07, 6.45) is 8.05. The zero-order valence-electron chi connectivity index (χ0n) is 17.3. The lowest BCUT2D eigenvalue weighted by Gasteiger charge is -2.53. The number of hydrogen-bond donors (Lipinski definition) is 1. The van der Waals surface area contributed by atoms with Gasteiger partial charge >= 0.3 is 0 Å². The van der Waals surface area contributed by atoms with Gasteiger partial charge in [-0.15, -0.1) is 0 Å². The summed E-state index contributed by atoms with van der Waals surface area (Å²) in [7, 11) is 0. The summed E-state index contributed by atoms with van der Waals surface area (Å²) in [6.45, 7) is 0. The SMILES string of the molecule is O=C(Nc1cccnc1)C1c2ccccc2C(=O)N(c2ccccc2)C12CCCCC2. The van der Waals surface area contributed by atoms with E-state index in [1.807, 2.05) is 65.6 Å². The van der Waals surface area contributed by atoms with Crippen LogP contribution in [-0.2, 0) is 4.79 Å². The van der Waals surface area contributed by atoms with Crippen LogP contribution in [0.3, 0.4) is 0 Å². The summed E-state index contributed by atoms with van der Waals surface area (Å²) >= 11 is 0. The van der Waals surface area contributed by atoms with Crippen molar-refractivity contribution in [2.45, 2.75) is 43.6 Å². The second-order valence-electron chi connectivity index (χ2n) is 8.39. The van der Waals surface area contributed by atoms with E-state index in [0.29, 0.717) is 11.3 Å². The molecule has 5 heteroatoms. The number of nitrogens with zero attached hydrogens (tertiary/aromatic N) is 2. The molecule has 1 atom stereocenters. The van der Waals surface area contributed by atoms with E-state index in [1.165, 1.54) is 0 Å². The Morgan fingerprint density at radius 3 is 2.42 bits per heavy atom. The van der Waals surface area contributed by atoms with Gasteiger partial charge in [0.05, 0.1) is 23.3 Å². The molecule has 5 rings (SSSR count). The van der Waals surface area contributed by atoms with E-state index in [9.17, 15) is 9.59 Å². The monoisotopic (exact) mass is 411 g/mol. The predicted octanol–water partition coefficient (Wildman–Crippen LogP) is 5.17. The number of rotatable bonds is 3. The third-order valence-electron chi connectivity index (χ3n) is 6.61. The Morgan fingerprint density at radius 1 is 0.935 bits per heavy atom. The van der Waals surface area contributed by atoms with Gasteiger partial charge < -0.3 is 10.2 Å². The van der Waals surface area contributed by atoms with Gasteiger partial charge in [0.1, 0.15) is 0 Å². The molecule has 1 unspecified atom stereocenters. The van der Waals surface area contributed by atoms with Gasteiger partial charge in [0.25, 0.3) is 5.91 Å². The van der Waals surface area contributed by atoms with Crippen molar-refractivity contribution in [1.29, 1.82) is 0 Å². The summed E-state index contributed by atoms with van der Waals surface area (Å²) in [6, 6.07) is 21.0. The van der Waals surface area contributed by atoms with Crippen molar-refractivity contribution >= 4 is 23.2 Å². The molecule has 1 aliphatic carbocycles. The number of anilines is 2. The Hall–Kier alpha value is -3.47. The molecule has 2 amide bonds. The van der Waals surface area contributed by atoms with Crippen LogP contribution in [0.2, 0.25) is 0 Å². The van der Waals surface area contributed by atoms with Crippen molar-refractivity contribution in [3.8, 4) is 0 Å². The summed E-state index contributed by atoms with van der Waals surface area (Å²) in [5.74, 6) is -0.563. The first-order chi connectivity index (χ1) is 15.2. The van der Waals surface area contributed by atoms with Gasteiger partial charge in [-0.3, -0.25) is 14.6 Å². The van der Waals surface area contributed by atoms with E-state index in [1.54, 1.807) is 18.5 Å². The lowest BCUT2D eigenvalue weighted by atomic mass is 9.65. The minimum Gasteiger partial charge on any atom is -0.324 e. The van der Waals surface area contributed by atoms with Gasteiger partial charge in [-0.1, -0.05) is 55.7 Å². The van der Waals surface area contributed by atoms with Crippen LogP contribution in [0.1, 0.15) is 53.9 Å². The molecule has 3 aromatic rings. The van der Waals surface area contributed by atoms with E-state index < -0.39 is 11.5 Å². The number of hydrogen-bond acceptors (Lipinski definition) is 3. The van der Waals surface area contributed by atoms with Crippen LogP contribution in [0.25, 0.3) is 0 Å². The van der Waals surface area contributed by atoms with Crippen molar-refractivity contribution in [2.75, 3.05) is 10.2 Å². The second kappa shape index (κ2) is 7.99. The lowest BCUT2D eigenvalue weighted by molar-refractivity contribution is -0.119. The van der Waals surface area contributed by atoms with E-state index in [-0.39, 0.29) is 11.8 Å². The fourth-order valence-corrected chi connectivity index (χ4v) is 5.35. The summed E-state index contributed by atoms with van der Waals surface area (Å²) in [4.78, 5) is 33.7. The van der Waals surface area contributed by atoms with Crippen LogP contribution in [-0.4, -0.2) is 22.3 Å². The Morgan fingerprint density at radius 2 is 1.68 bits per heavy atom. The number of amides is 2. The highest BCUT2D eigenvalue weighted by atomic mass is 16.2. The minimum atomic E-state index is -0.586. The first-order valence-electron chi connectivity index (χ1n) is 10.9. The van der Waals surface area contributed by atoms with Crippen LogP contribution in [0, 0.1) is 0 Å². The van der Waals surface area contributed by atoms with E-state index in [4.69, 9.17) is 0 Å². The van der Waals surface area contributed by atoms with Crippen molar-refractivity contribution in [3.63, 3.8) is 0 Å². The Kier molecular flexibility index (Phi) is 5.02. The maximum absolute atomic E-state index is 13.8. The third kappa shape index (κ3) is 3.30. The van der Waals surface area contributed by atoms with Gasteiger partial charge in [-0.25, -0.2) is 0 Å². The molecule has 0 bridgehead atoms. The molecule has 1 aliphatic heterocycles. The molecule has 1 N–H and O–H groups in total. The molecule has 1 spiro atoms. The number of carbonyl (C=O) groups is 2. The zero-order valence-corrected chi connectivity index (χ0v) is 17.3. The van der Waals surface area contributed by atoms with Gasteiger partial charge in [-0.05, 0) is 48.7 Å². The van der Waals surface area contributed by atoms with E-state index in [0.717, 1.165) is 43.4 Å². The Balaban J connectivity index is 1.68. The zero-order chi connectivity index (χ0) is 21.3. The van der Waals surface area contributed by atoms with Gasteiger partial charge in [0.15, 0.2) is 0 Å². The highest BCUT2D eigenvalue weighted by Crippen LogP contribution is 2.51. The molecule has 156 valence electrons. The predicted molar refractivity (Wildman–Crippen MR) is 121 cm³/mol. The van der Waals surface area contributed by atoms with Gasteiger partial charge in [-0.2, -0.15) is 0 Å². The average molecular weight is 412 g/mol. The molecule has 0 saturated heterocycles. The molecule has 1 fully saturated rings. The molecular weight excluding hydrogens is 386 g/mol. The maximum Gasteiger partial charge on any atom is 0.259 e. The molecule has 2 aromatic carbocycles. The molecule has 0 radical (unpaired) electrons. The number of nitrogens with one attached hydrogen (secondary N) is 1. The van der Waals surface area contributed by atoms with Crippen LogP contribution < -0.4 is 10.2 Å². The fraction of sp³-hybridized carbons (Fsp3) is 0.269. The quantitative estimate of drug-likeness (QED) is 0.647. The Bertz CT molecular complexity index is 1090. The van der Waals surface area contributed by atoms with Crippen LogP contribution >= 0.6 is 0 Å². The number of carbonyl (C=O) groups excluding carboxylic acids is 2. The highest BCUT2D eigenvalue weighted by Gasteiger charge is 2.55. The molecule has 2 aliphatic rings. The molecule has 5 nitrogen and oxygen atoms in total. The normalized spacial score (nSPS) is 19.7. The fourth-order valence-electron chi connectivity index (χ4n) is 5.35. The third-order valence-corrected chi connectivity index (χ3v) is 6.61. The highest BCUT2D eigenvalue weighted by molar-refractivity contribution is 6.13. The van der Waals surface area contributed by atoms with Crippen molar-refractivity contribution < 1.29 is 9.59 Å². The largest absolute Gasteiger partial charge is 0.324 e. The van der Waals surface area contributed by atoms with Crippen molar-refractivity contribution in [1.82, 2.24) is 4.98 Å². The first kappa shape index (κ1) is 19.5. The average Bonchev–Trinajstić information content (AvgIpc) is 2.81. The molecular formula is C26H25N3O2. The van der Waals surface area contributed by atoms with Crippen molar-refractivity contribution in [3.05, 3.63) is 90.3 Å². The Labute approximate surface area is 182 Å². The second-order valence-corrected chi connectivity index (χ2v) is 8.39. The van der Waals surface area contributed by atoms with Crippen LogP contribution in [0.5, 0.6) is 0 Å². The summed E-state index contributed by atoms with van der Waals surface area (Å²) in [5.41, 5.74) is 2.36. The number of aromatic nitrogens is 1. The van der Waals surface area contributed by atoms with Gasteiger partial charge in [0.2, 0.25) is 5.91 Å². The topological polar surface area (TPSA) is 62.3 Å². The first-order valence-corrected chi connectivity index (χ1v) is 10.9. The molecule has 1 saturated carbocycles. The summed E-state index contributed by atoms with van der Waals surface area (Å²) in [5, 5.41) is 3.07. The molecule has 1 aromatic heterocycles. The number of benzene rings is 2. The standard InChI is InChI=1S/C26H25N3O2/c30-24(28-19-10-9-17-27-18-19)23-21-13-5-6-14-22(21)25(31)29(20-11-3-1-4-12-20)26(23)15-7-2-8-16-26/h1,3-6,9-14,17-18,23H,2,7-8,15-16H2,(H,28,30). The van der Waals surface area contributed by atoms with Crippen molar-refractivity contribution in [2.24, 2.45) is 0 Å². The smallest absolute Gasteiger partial charge is 0.259 e. The maximum atomic E-state index is 13.8. The van der Waals surface area contributed by atoms with Gasteiger partial charge in [0, 0.05) is 17.4 Å². The van der Waals surface area contributed by atoms with E-state index >= 15 is 0 Å². The van der Waals surface area contributed by atoms with Crippen LogP contribution in [0.4, 0.5) is 11.4 Å².